The van der Waals surface area contributed by atoms with E-state index >= 15 is 0 Å². The van der Waals surface area contributed by atoms with Crippen molar-refractivity contribution in [2.75, 3.05) is 0 Å². The average Bonchev–Trinajstić information content (AvgIpc) is 2.87. The zero-order chi connectivity index (χ0) is 7.68. The summed E-state index contributed by atoms with van der Waals surface area (Å²) in [6.07, 6.45) is 4.51. The smallest absolute Gasteiger partial charge is 0.0434 e. The summed E-state index contributed by atoms with van der Waals surface area (Å²) in [6, 6.07) is 4.17. The van der Waals surface area contributed by atoms with E-state index in [1.807, 2.05) is 6.20 Å². The lowest BCUT2D eigenvalue weighted by atomic mass is 10.2. The molecule has 0 spiro atoms. The Morgan fingerprint density at radius 2 is 2.00 bits per heavy atom. The first-order valence-corrected chi connectivity index (χ1v) is 4.05. The summed E-state index contributed by atoms with van der Waals surface area (Å²) in [5.74, 6) is 0.752. The summed E-state index contributed by atoms with van der Waals surface area (Å²) in [7, 11) is 0. The fourth-order valence-electron chi connectivity index (χ4n) is 1.18. The lowest BCUT2D eigenvalue weighted by Gasteiger charge is -1.97. The molecule has 1 aromatic heterocycles. The van der Waals surface area contributed by atoms with Gasteiger partial charge in [0.15, 0.2) is 0 Å². The Morgan fingerprint density at radius 3 is 2.38 bits per heavy atom. The van der Waals surface area contributed by atoms with Crippen LogP contribution in [0.2, 0.25) is 0 Å². The van der Waals surface area contributed by atoms with Gasteiger partial charge in [-0.2, -0.15) is 0 Å². The lowest BCUT2D eigenvalue weighted by molar-refractivity contribution is 0.981. The number of aromatic nitrogens is 1. The number of rotatable bonds is 2. The van der Waals surface area contributed by atoms with E-state index in [1.165, 1.54) is 18.5 Å². The van der Waals surface area contributed by atoms with Crippen molar-refractivity contribution in [2.45, 2.75) is 25.3 Å². The van der Waals surface area contributed by atoms with Gasteiger partial charge in [0.2, 0.25) is 0 Å². The van der Waals surface area contributed by atoms with Crippen molar-refractivity contribution >= 4 is 24.8 Å². The molecular formula is C9H14Cl2N2. The van der Waals surface area contributed by atoms with Crippen LogP contribution in [-0.4, -0.2) is 4.98 Å². The summed E-state index contributed by atoms with van der Waals surface area (Å²) in [5, 5.41) is 0. The third kappa shape index (κ3) is 3.14. The van der Waals surface area contributed by atoms with Crippen molar-refractivity contribution in [3.05, 3.63) is 29.6 Å². The van der Waals surface area contributed by atoms with E-state index in [9.17, 15) is 0 Å². The van der Waals surface area contributed by atoms with Crippen LogP contribution in [0.25, 0.3) is 0 Å². The summed E-state index contributed by atoms with van der Waals surface area (Å²) in [5.41, 5.74) is 7.81. The van der Waals surface area contributed by atoms with E-state index in [1.54, 1.807) is 0 Å². The monoisotopic (exact) mass is 220 g/mol. The van der Waals surface area contributed by atoms with Gasteiger partial charge in [-0.05, 0) is 24.5 Å². The SMILES string of the molecule is Cl.Cl.NCc1ccc(C2CC2)nc1. The minimum Gasteiger partial charge on any atom is -0.326 e. The molecule has 0 aromatic carbocycles. The predicted octanol–water partition coefficient (Wildman–Crippen LogP) is 2.26. The second kappa shape index (κ2) is 5.43. The van der Waals surface area contributed by atoms with E-state index in [2.05, 4.69) is 17.1 Å². The van der Waals surface area contributed by atoms with Crippen LogP contribution in [0.3, 0.4) is 0 Å². The highest BCUT2D eigenvalue weighted by atomic mass is 35.5. The Labute approximate surface area is 90.8 Å². The molecular weight excluding hydrogens is 207 g/mol. The number of hydrogen-bond donors (Lipinski definition) is 1. The van der Waals surface area contributed by atoms with E-state index in [0.717, 1.165) is 11.5 Å². The standard InChI is InChI=1S/C9H12N2.2ClH/c10-5-7-1-4-9(11-6-7)8-2-3-8;;/h1,4,6,8H,2-3,5,10H2;2*1H. The molecule has 2 nitrogen and oxygen atoms in total. The maximum absolute atomic E-state index is 5.45. The van der Waals surface area contributed by atoms with Gasteiger partial charge in [0.1, 0.15) is 0 Å². The molecule has 0 radical (unpaired) electrons. The minimum atomic E-state index is 0. The first kappa shape index (κ1) is 12.7. The fraction of sp³-hybridized carbons (Fsp3) is 0.444. The number of nitrogens with two attached hydrogens (primary N) is 1. The van der Waals surface area contributed by atoms with Crippen molar-refractivity contribution in [1.29, 1.82) is 0 Å². The normalized spacial score (nSPS) is 14.2. The van der Waals surface area contributed by atoms with Gasteiger partial charge >= 0.3 is 0 Å². The molecule has 1 aromatic rings. The zero-order valence-corrected chi connectivity index (χ0v) is 8.90. The molecule has 1 aliphatic carbocycles. The van der Waals surface area contributed by atoms with Gasteiger partial charge in [-0.25, -0.2) is 0 Å². The average molecular weight is 221 g/mol. The maximum Gasteiger partial charge on any atom is 0.0434 e. The van der Waals surface area contributed by atoms with Crippen molar-refractivity contribution in [3.8, 4) is 0 Å². The van der Waals surface area contributed by atoms with E-state index in [-0.39, 0.29) is 24.8 Å². The third-order valence-electron chi connectivity index (χ3n) is 2.08. The van der Waals surface area contributed by atoms with Gasteiger partial charge in [-0.3, -0.25) is 4.98 Å². The summed E-state index contributed by atoms with van der Waals surface area (Å²) in [4.78, 5) is 4.33. The lowest BCUT2D eigenvalue weighted by Crippen LogP contribution is -1.97. The molecule has 0 aliphatic heterocycles. The number of nitrogens with zero attached hydrogens (tertiary/aromatic N) is 1. The molecule has 2 N–H and O–H groups in total. The Bertz CT molecular complexity index is 244. The topological polar surface area (TPSA) is 38.9 Å². The Balaban J connectivity index is 0.000000720. The quantitative estimate of drug-likeness (QED) is 0.831. The van der Waals surface area contributed by atoms with Crippen LogP contribution < -0.4 is 5.73 Å². The molecule has 2 rings (SSSR count). The van der Waals surface area contributed by atoms with Gasteiger partial charge in [-0.15, -0.1) is 24.8 Å². The molecule has 13 heavy (non-hydrogen) atoms. The van der Waals surface area contributed by atoms with E-state index < -0.39 is 0 Å². The van der Waals surface area contributed by atoms with Gasteiger partial charge in [0, 0.05) is 24.4 Å². The second-order valence-electron chi connectivity index (χ2n) is 3.07. The summed E-state index contributed by atoms with van der Waals surface area (Å²) in [6.45, 7) is 0.595. The first-order valence-electron chi connectivity index (χ1n) is 4.05. The highest BCUT2D eigenvalue weighted by Crippen LogP contribution is 2.38. The largest absolute Gasteiger partial charge is 0.326 e. The van der Waals surface area contributed by atoms with Crippen LogP contribution >= 0.6 is 24.8 Å². The van der Waals surface area contributed by atoms with Crippen LogP contribution in [0.5, 0.6) is 0 Å². The predicted molar refractivity (Wildman–Crippen MR) is 58.6 cm³/mol. The number of hydrogen-bond acceptors (Lipinski definition) is 2. The molecule has 0 amide bonds. The van der Waals surface area contributed by atoms with Gasteiger partial charge in [-0.1, -0.05) is 6.07 Å². The van der Waals surface area contributed by atoms with Crippen molar-refractivity contribution in [3.63, 3.8) is 0 Å². The number of pyridine rings is 1. The minimum absolute atomic E-state index is 0. The molecule has 1 saturated carbocycles. The van der Waals surface area contributed by atoms with E-state index in [4.69, 9.17) is 5.73 Å². The van der Waals surface area contributed by atoms with Crippen molar-refractivity contribution in [1.82, 2.24) is 4.98 Å². The zero-order valence-electron chi connectivity index (χ0n) is 7.27. The summed E-state index contributed by atoms with van der Waals surface area (Å²) < 4.78 is 0. The highest BCUT2D eigenvalue weighted by Gasteiger charge is 2.24. The van der Waals surface area contributed by atoms with Gasteiger partial charge < -0.3 is 5.73 Å². The Morgan fingerprint density at radius 1 is 1.31 bits per heavy atom. The Hall–Kier alpha value is -0.310. The van der Waals surface area contributed by atoms with Gasteiger partial charge in [0.25, 0.3) is 0 Å². The molecule has 0 unspecified atom stereocenters. The molecule has 74 valence electrons. The van der Waals surface area contributed by atoms with Crippen molar-refractivity contribution < 1.29 is 0 Å². The molecule has 0 saturated heterocycles. The highest BCUT2D eigenvalue weighted by molar-refractivity contribution is 5.85. The number of halogens is 2. The Kier molecular flexibility index (Phi) is 5.30. The second-order valence-corrected chi connectivity index (χ2v) is 3.07. The van der Waals surface area contributed by atoms with Crippen LogP contribution in [0.1, 0.15) is 30.0 Å². The molecule has 1 aliphatic rings. The third-order valence-corrected chi connectivity index (χ3v) is 2.08. The fourth-order valence-corrected chi connectivity index (χ4v) is 1.18. The first-order chi connectivity index (χ1) is 5.40. The van der Waals surface area contributed by atoms with Crippen LogP contribution in [0, 0.1) is 0 Å². The van der Waals surface area contributed by atoms with Gasteiger partial charge in [0.05, 0.1) is 0 Å². The molecule has 0 atom stereocenters. The molecule has 1 fully saturated rings. The van der Waals surface area contributed by atoms with E-state index in [0.29, 0.717) is 6.54 Å². The van der Waals surface area contributed by atoms with Crippen molar-refractivity contribution in [2.24, 2.45) is 5.73 Å². The van der Waals surface area contributed by atoms with Crippen LogP contribution in [0.15, 0.2) is 18.3 Å². The van der Waals surface area contributed by atoms with Crippen LogP contribution in [-0.2, 0) is 6.54 Å². The maximum atomic E-state index is 5.45. The van der Waals surface area contributed by atoms with Crippen LogP contribution in [0.4, 0.5) is 0 Å². The molecule has 4 heteroatoms. The molecule has 0 bridgehead atoms. The summed E-state index contributed by atoms with van der Waals surface area (Å²) >= 11 is 0. The molecule has 1 heterocycles.